The second kappa shape index (κ2) is 8.36. The zero-order valence-corrected chi connectivity index (χ0v) is 18.3. The number of rotatable bonds is 4. The van der Waals surface area contributed by atoms with Crippen molar-refractivity contribution in [3.8, 4) is 0 Å². The Bertz CT molecular complexity index is 784. The summed E-state index contributed by atoms with van der Waals surface area (Å²) in [5, 5.41) is 0. The predicted molar refractivity (Wildman–Crippen MR) is 118 cm³/mol. The third-order valence-corrected chi connectivity index (χ3v) is 8.50. The maximum absolute atomic E-state index is 12.9. The van der Waals surface area contributed by atoms with Gasteiger partial charge in [-0.2, -0.15) is 0 Å². The largest absolute Gasteiger partial charge is 0.343 e. The van der Waals surface area contributed by atoms with Crippen molar-refractivity contribution in [2.75, 3.05) is 26.2 Å². The highest BCUT2D eigenvalue weighted by Gasteiger charge is 2.46. The molecule has 5 rings (SSSR count). The topological polar surface area (TPSA) is 40.6 Å². The molecule has 0 radical (unpaired) electrons. The minimum absolute atomic E-state index is 0.163. The molecule has 4 heteroatoms. The van der Waals surface area contributed by atoms with Gasteiger partial charge < -0.3 is 9.80 Å². The van der Waals surface area contributed by atoms with E-state index < -0.39 is 0 Å². The molecule has 4 aliphatic rings. The molecule has 1 aromatic rings. The molecule has 2 aliphatic carbocycles. The number of carbonyl (C=O) groups is 2. The first-order valence-corrected chi connectivity index (χ1v) is 12.3. The van der Waals surface area contributed by atoms with Gasteiger partial charge in [-0.1, -0.05) is 37.1 Å². The van der Waals surface area contributed by atoms with Crippen molar-refractivity contribution >= 4 is 11.8 Å². The minimum Gasteiger partial charge on any atom is -0.343 e. The SMILES string of the molecule is O=C(CC1CCCC1)N1CCC2(CC1)CC(CC(=O)N1CCCC1)c1ccccc12. The maximum atomic E-state index is 12.9. The van der Waals surface area contributed by atoms with Crippen LogP contribution in [0.15, 0.2) is 24.3 Å². The minimum atomic E-state index is 0.163. The number of amides is 2. The molecule has 1 atom stereocenters. The van der Waals surface area contributed by atoms with E-state index in [0.717, 1.165) is 64.7 Å². The van der Waals surface area contributed by atoms with E-state index in [1.807, 2.05) is 0 Å². The van der Waals surface area contributed by atoms with E-state index in [1.165, 1.54) is 36.8 Å². The number of likely N-dealkylation sites (tertiary alicyclic amines) is 2. The molecular formula is C26H36N2O2. The number of hydrogen-bond acceptors (Lipinski definition) is 2. The van der Waals surface area contributed by atoms with Crippen LogP contribution in [0.2, 0.25) is 0 Å². The first-order chi connectivity index (χ1) is 14.6. The van der Waals surface area contributed by atoms with Crippen LogP contribution in [-0.4, -0.2) is 47.8 Å². The highest BCUT2D eigenvalue weighted by molar-refractivity contribution is 5.78. The van der Waals surface area contributed by atoms with Crippen molar-refractivity contribution in [3.05, 3.63) is 35.4 Å². The number of piperidine rings is 1. The Morgan fingerprint density at radius 3 is 2.20 bits per heavy atom. The van der Waals surface area contributed by atoms with Gasteiger partial charge in [0.2, 0.25) is 11.8 Å². The van der Waals surface area contributed by atoms with Crippen molar-refractivity contribution in [1.29, 1.82) is 0 Å². The van der Waals surface area contributed by atoms with Gasteiger partial charge in [0.1, 0.15) is 0 Å². The van der Waals surface area contributed by atoms with Crippen LogP contribution in [0.1, 0.15) is 87.7 Å². The van der Waals surface area contributed by atoms with Crippen molar-refractivity contribution in [3.63, 3.8) is 0 Å². The molecule has 0 aromatic heterocycles. The van der Waals surface area contributed by atoms with E-state index in [0.29, 0.717) is 30.1 Å². The van der Waals surface area contributed by atoms with Crippen LogP contribution in [0.5, 0.6) is 0 Å². The first-order valence-electron chi connectivity index (χ1n) is 12.3. The van der Waals surface area contributed by atoms with E-state index in [1.54, 1.807) is 0 Å². The van der Waals surface area contributed by atoms with E-state index >= 15 is 0 Å². The van der Waals surface area contributed by atoms with Crippen molar-refractivity contribution in [2.24, 2.45) is 5.92 Å². The molecule has 1 spiro atoms. The molecule has 162 valence electrons. The average molecular weight is 409 g/mol. The summed E-state index contributed by atoms with van der Waals surface area (Å²) in [7, 11) is 0. The third-order valence-electron chi connectivity index (χ3n) is 8.50. The van der Waals surface area contributed by atoms with Gasteiger partial charge in [-0.05, 0) is 73.3 Å². The van der Waals surface area contributed by atoms with Crippen LogP contribution >= 0.6 is 0 Å². The van der Waals surface area contributed by atoms with Crippen molar-refractivity contribution in [1.82, 2.24) is 9.80 Å². The molecule has 0 N–H and O–H groups in total. The Morgan fingerprint density at radius 2 is 1.47 bits per heavy atom. The normalized spacial score (nSPS) is 25.8. The molecule has 4 nitrogen and oxygen atoms in total. The van der Waals surface area contributed by atoms with Crippen molar-refractivity contribution < 1.29 is 9.59 Å². The second-order valence-corrected chi connectivity index (χ2v) is 10.3. The lowest BCUT2D eigenvalue weighted by Crippen LogP contribution is -2.44. The molecule has 1 saturated carbocycles. The quantitative estimate of drug-likeness (QED) is 0.729. The molecule has 2 heterocycles. The Morgan fingerprint density at radius 1 is 0.833 bits per heavy atom. The monoisotopic (exact) mass is 408 g/mol. The first kappa shape index (κ1) is 20.1. The molecule has 3 fully saturated rings. The summed E-state index contributed by atoms with van der Waals surface area (Å²) in [4.78, 5) is 29.9. The number of fused-ring (bicyclic) bond motifs is 2. The van der Waals surface area contributed by atoms with Gasteiger partial charge in [0.15, 0.2) is 0 Å². The zero-order chi connectivity index (χ0) is 20.6. The van der Waals surface area contributed by atoms with Gasteiger partial charge >= 0.3 is 0 Å². The van der Waals surface area contributed by atoms with E-state index in [4.69, 9.17) is 0 Å². The number of benzene rings is 1. The molecule has 1 aromatic carbocycles. The molecule has 0 bridgehead atoms. The lowest BCUT2D eigenvalue weighted by Gasteiger charge is -2.40. The summed E-state index contributed by atoms with van der Waals surface area (Å²) in [6.07, 6.45) is 12.0. The average Bonchev–Trinajstić information content (AvgIpc) is 3.52. The van der Waals surface area contributed by atoms with Crippen LogP contribution in [0.4, 0.5) is 0 Å². The van der Waals surface area contributed by atoms with E-state index in [-0.39, 0.29) is 5.41 Å². The fourth-order valence-electron chi connectivity index (χ4n) is 6.76. The molecule has 2 amide bonds. The summed E-state index contributed by atoms with van der Waals surface area (Å²) < 4.78 is 0. The highest BCUT2D eigenvalue weighted by Crippen LogP contribution is 2.53. The third kappa shape index (κ3) is 3.78. The number of hydrogen-bond donors (Lipinski definition) is 0. The Balaban J connectivity index is 1.25. The fourth-order valence-corrected chi connectivity index (χ4v) is 6.76. The second-order valence-electron chi connectivity index (χ2n) is 10.3. The summed E-state index contributed by atoms with van der Waals surface area (Å²) in [6, 6.07) is 8.84. The van der Waals surface area contributed by atoms with E-state index in [2.05, 4.69) is 34.1 Å². The van der Waals surface area contributed by atoms with Gasteiger partial charge in [0, 0.05) is 39.0 Å². The Kier molecular flexibility index (Phi) is 5.59. The number of nitrogens with zero attached hydrogens (tertiary/aromatic N) is 2. The summed E-state index contributed by atoms with van der Waals surface area (Å²) in [6.45, 7) is 3.65. The standard InChI is InChI=1S/C26H36N2O2/c29-24(17-20-7-1-2-8-20)28-15-11-26(12-16-28)19-21(22-9-3-4-10-23(22)26)18-25(30)27-13-5-6-14-27/h3-4,9-10,20-21H,1-2,5-8,11-19H2. The summed E-state index contributed by atoms with van der Waals surface area (Å²) in [5.41, 5.74) is 3.03. The zero-order valence-electron chi connectivity index (χ0n) is 18.3. The summed E-state index contributed by atoms with van der Waals surface area (Å²) in [5.74, 6) is 1.69. The Hall–Kier alpha value is -1.84. The van der Waals surface area contributed by atoms with Gasteiger partial charge in [0.05, 0.1) is 0 Å². The Labute approximate surface area is 181 Å². The van der Waals surface area contributed by atoms with Crippen LogP contribution < -0.4 is 0 Å². The van der Waals surface area contributed by atoms with Gasteiger partial charge in [-0.25, -0.2) is 0 Å². The van der Waals surface area contributed by atoms with Gasteiger partial charge in [-0.15, -0.1) is 0 Å². The lowest BCUT2D eigenvalue weighted by molar-refractivity contribution is -0.133. The summed E-state index contributed by atoms with van der Waals surface area (Å²) >= 11 is 0. The smallest absolute Gasteiger partial charge is 0.223 e. The highest BCUT2D eigenvalue weighted by atomic mass is 16.2. The molecule has 2 aliphatic heterocycles. The molecule has 30 heavy (non-hydrogen) atoms. The van der Waals surface area contributed by atoms with Crippen LogP contribution in [0, 0.1) is 5.92 Å². The predicted octanol–water partition coefficient (Wildman–Crippen LogP) is 4.63. The van der Waals surface area contributed by atoms with E-state index in [9.17, 15) is 9.59 Å². The lowest BCUT2D eigenvalue weighted by atomic mass is 9.73. The van der Waals surface area contributed by atoms with Crippen LogP contribution in [0.3, 0.4) is 0 Å². The number of carbonyl (C=O) groups excluding carboxylic acids is 2. The fraction of sp³-hybridized carbons (Fsp3) is 0.692. The van der Waals surface area contributed by atoms with Crippen molar-refractivity contribution in [2.45, 2.75) is 82.0 Å². The molecular weight excluding hydrogens is 372 g/mol. The molecule has 2 saturated heterocycles. The van der Waals surface area contributed by atoms with Gasteiger partial charge in [0.25, 0.3) is 0 Å². The van der Waals surface area contributed by atoms with Crippen LogP contribution in [-0.2, 0) is 15.0 Å². The van der Waals surface area contributed by atoms with Crippen LogP contribution in [0.25, 0.3) is 0 Å². The maximum Gasteiger partial charge on any atom is 0.223 e. The van der Waals surface area contributed by atoms with Gasteiger partial charge in [-0.3, -0.25) is 9.59 Å². The molecule has 1 unspecified atom stereocenters.